The Hall–Kier alpha value is -1.34. The highest BCUT2D eigenvalue weighted by atomic mass is 15.2. The summed E-state index contributed by atoms with van der Waals surface area (Å²) in [5.41, 5.74) is 1.26. The van der Waals surface area contributed by atoms with Gasteiger partial charge in [-0.15, -0.1) is 0 Å². The molecule has 0 aliphatic carbocycles. The third-order valence-corrected chi connectivity index (χ3v) is 2.64. The van der Waals surface area contributed by atoms with Crippen LogP contribution < -0.4 is 0 Å². The monoisotopic (exact) mass is 234 g/mol. The number of hydrogen-bond donors (Lipinski definition) is 0. The predicted molar refractivity (Wildman–Crippen MR) is 68.4 cm³/mol. The van der Waals surface area contributed by atoms with Gasteiger partial charge in [-0.05, 0) is 17.9 Å². The van der Waals surface area contributed by atoms with Gasteiger partial charge in [0.2, 0.25) is 0 Å². The molecule has 1 aromatic heterocycles. The number of aromatic nitrogens is 2. The predicted octanol–water partition coefficient (Wildman–Crippen LogP) is 1.83. The topological polar surface area (TPSA) is 44.9 Å². The van der Waals surface area contributed by atoms with Gasteiger partial charge in [-0.2, -0.15) is 10.4 Å². The molecule has 4 nitrogen and oxygen atoms in total. The van der Waals surface area contributed by atoms with E-state index >= 15 is 0 Å². The molecular formula is C13H22N4. The van der Waals surface area contributed by atoms with Crippen LogP contribution in [-0.2, 0) is 13.5 Å². The summed E-state index contributed by atoms with van der Waals surface area (Å²) < 4.78 is 1.83. The van der Waals surface area contributed by atoms with Crippen LogP contribution >= 0.6 is 0 Å². The van der Waals surface area contributed by atoms with E-state index in [2.05, 4.69) is 36.1 Å². The molecule has 0 fully saturated rings. The summed E-state index contributed by atoms with van der Waals surface area (Å²) in [5.74, 6) is 0.641. The Labute approximate surface area is 104 Å². The van der Waals surface area contributed by atoms with Gasteiger partial charge < -0.3 is 4.90 Å². The van der Waals surface area contributed by atoms with Crippen molar-refractivity contribution in [2.45, 2.75) is 26.7 Å². The second-order valence-corrected chi connectivity index (χ2v) is 4.87. The van der Waals surface area contributed by atoms with Crippen LogP contribution in [0.3, 0.4) is 0 Å². The smallest absolute Gasteiger partial charge is 0.0635 e. The first-order valence-corrected chi connectivity index (χ1v) is 6.18. The van der Waals surface area contributed by atoms with Gasteiger partial charge >= 0.3 is 0 Å². The first-order chi connectivity index (χ1) is 8.11. The number of rotatable bonds is 7. The van der Waals surface area contributed by atoms with Crippen molar-refractivity contribution in [2.24, 2.45) is 13.0 Å². The summed E-state index contributed by atoms with van der Waals surface area (Å²) in [6.07, 6.45) is 5.58. The summed E-state index contributed by atoms with van der Waals surface area (Å²) in [6.45, 7) is 7.36. The van der Waals surface area contributed by atoms with Gasteiger partial charge in [-0.1, -0.05) is 13.8 Å². The van der Waals surface area contributed by atoms with Gasteiger partial charge in [-0.25, -0.2) is 0 Å². The average Bonchev–Trinajstić information content (AvgIpc) is 2.68. The van der Waals surface area contributed by atoms with Gasteiger partial charge in [0.1, 0.15) is 0 Å². The van der Waals surface area contributed by atoms with E-state index in [1.165, 1.54) is 5.56 Å². The second kappa shape index (κ2) is 7.08. The number of nitrogens with zero attached hydrogens (tertiary/aromatic N) is 4. The molecule has 0 bridgehead atoms. The molecule has 0 aliphatic rings. The third-order valence-electron chi connectivity index (χ3n) is 2.64. The Morgan fingerprint density at radius 3 is 2.76 bits per heavy atom. The van der Waals surface area contributed by atoms with E-state index in [9.17, 15) is 0 Å². The first-order valence-electron chi connectivity index (χ1n) is 6.18. The van der Waals surface area contributed by atoms with Crippen LogP contribution in [0.2, 0.25) is 0 Å². The molecule has 1 aromatic rings. The van der Waals surface area contributed by atoms with E-state index in [4.69, 9.17) is 5.26 Å². The van der Waals surface area contributed by atoms with Crippen LogP contribution in [-0.4, -0.2) is 34.3 Å². The summed E-state index contributed by atoms with van der Waals surface area (Å²) in [5, 5.41) is 12.8. The second-order valence-electron chi connectivity index (χ2n) is 4.87. The molecule has 17 heavy (non-hydrogen) atoms. The van der Waals surface area contributed by atoms with Crippen molar-refractivity contribution in [3.63, 3.8) is 0 Å². The molecule has 0 N–H and O–H groups in total. The summed E-state index contributed by atoms with van der Waals surface area (Å²) in [7, 11) is 1.94. The van der Waals surface area contributed by atoms with Crippen molar-refractivity contribution in [1.29, 1.82) is 5.26 Å². The first kappa shape index (κ1) is 13.7. The maximum Gasteiger partial charge on any atom is 0.0635 e. The molecule has 94 valence electrons. The van der Waals surface area contributed by atoms with E-state index in [0.717, 1.165) is 26.1 Å². The van der Waals surface area contributed by atoms with Crippen LogP contribution in [0, 0.1) is 17.2 Å². The zero-order valence-corrected chi connectivity index (χ0v) is 11.1. The maximum absolute atomic E-state index is 8.65. The molecule has 0 saturated carbocycles. The lowest BCUT2D eigenvalue weighted by Crippen LogP contribution is -2.30. The highest BCUT2D eigenvalue weighted by molar-refractivity contribution is 5.04. The maximum atomic E-state index is 8.65. The highest BCUT2D eigenvalue weighted by Gasteiger charge is 2.07. The minimum Gasteiger partial charge on any atom is -0.302 e. The Balaban J connectivity index is 2.40. The number of hydrogen-bond acceptors (Lipinski definition) is 3. The SMILES string of the molecule is CC(C)CN(CCC#N)CCc1cnn(C)c1. The van der Waals surface area contributed by atoms with Crippen LogP contribution in [0.15, 0.2) is 12.4 Å². The minimum atomic E-state index is 0.611. The largest absolute Gasteiger partial charge is 0.302 e. The standard InChI is InChI=1S/C13H22N4/c1-12(2)10-17(7-4-6-14)8-5-13-9-15-16(3)11-13/h9,11-12H,4-5,7-8,10H2,1-3H3. The molecular weight excluding hydrogens is 212 g/mol. The fourth-order valence-electron chi connectivity index (χ4n) is 1.91. The molecule has 0 aromatic carbocycles. The molecule has 0 spiro atoms. The van der Waals surface area contributed by atoms with Gasteiger partial charge in [0.05, 0.1) is 12.3 Å². The van der Waals surface area contributed by atoms with Crippen LogP contribution in [0.1, 0.15) is 25.8 Å². The molecule has 0 atom stereocenters. The van der Waals surface area contributed by atoms with Crippen LogP contribution in [0.4, 0.5) is 0 Å². The Bertz CT molecular complexity index is 362. The van der Waals surface area contributed by atoms with E-state index < -0.39 is 0 Å². The molecule has 0 saturated heterocycles. The lowest BCUT2D eigenvalue weighted by atomic mass is 10.2. The van der Waals surface area contributed by atoms with Gasteiger partial charge in [-0.3, -0.25) is 4.68 Å². The van der Waals surface area contributed by atoms with Crippen LogP contribution in [0.25, 0.3) is 0 Å². The van der Waals surface area contributed by atoms with Crippen molar-refractivity contribution in [2.75, 3.05) is 19.6 Å². The molecule has 4 heteroatoms. The lowest BCUT2D eigenvalue weighted by Gasteiger charge is -2.22. The van der Waals surface area contributed by atoms with Crippen molar-refractivity contribution in [3.8, 4) is 6.07 Å². The van der Waals surface area contributed by atoms with Crippen molar-refractivity contribution in [1.82, 2.24) is 14.7 Å². The Morgan fingerprint density at radius 1 is 1.47 bits per heavy atom. The molecule has 0 amide bonds. The molecule has 1 heterocycles. The summed E-state index contributed by atoms with van der Waals surface area (Å²) in [6, 6.07) is 2.22. The highest BCUT2D eigenvalue weighted by Crippen LogP contribution is 2.04. The zero-order valence-electron chi connectivity index (χ0n) is 11.1. The van der Waals surface area contributed by atoms with E-state index in [0.29, 0.717) is 12.3 Å². The third kappa shape index (κ3) is 5.50. The normalized spacial score (nSPS) is 11.1. The van der Waals surface area contributed by atoms with E-state index in [1.807, 2.05) is 17.9 Å². The number of aryl methyl sites for hydroxylation is 1. The van der Waals surface area contributed by atoms with Crippen LogP contribution in [0.5, 0.6) is 0 Å². The van der Waals surface area contributed by atoms with Crippen molar-refractivity contribution >= 4 is 0 Å². The lowest BCUT2D eigenvalue weighted by molar-refractivity contribution is 0.252. The molecule has 0 unspecified atom stereocenters. The Morgan fingerprint density at radius 2 is 2.24 bits per heavy atom. The van der Waals surface area contributed by atoms with Crippen molar-refractivity contribution < 1.29 is 0 Å². The van der Waals surface area contributed by atoms with Gasteiger partial charge in [0, 0.05) is 39.3 Å². The fourth-order valence-corrected chi connectivity index (χ4v) is 1.91. The zero-order chi connectivity index (χ0) is 12.7. The quantitative estimate of drug-likeness (QED) is 0.723. The molecule has 0 radical (unpaired) electrons. The Kier molecular flexibility index (Phi) is 5.71. The number of nitriles is 1. The molecule has 1 rings (SSSR count). The minimum absolute atomic E-state index is 0.611. The fraction of sp³-hybridized carbons (Fsp3) is 0.692. The summed E-state index contributed by atoms with van der Waals surface area (Å²) >= 11 is 0. The van der Waals surface area contributed by atoms with Gasteiger partial charge in [0.25, 0.3) is 0 Å². The van der Waals surface area contributed by atoms with Gasteiger partial charge in [0.15, 0.2) is 0 Å². The average molecular weight is 234 g/mol. The van der Waals surface area contributed by atoms with Crippen molar-refractivity contribution in [3.05, 3.63) is 18.0 Å². The van der Waals surface area contributed by atoms with E-state index in [-0.39, 0.29) is 0 Å². The molecule has 0 aliphatic heterocycles. The summed E-state index contributed by atoms with van der Waals surface area (Å²) in [4.78, 5) is 2.36. The van der Waals surface area contributed by atoms with E-state index in [1.54, 1.807) is 0 Å².